The molecule has 0 bridgehead atoms. The van der Waals surface area contributed by atoms with Gasteiger partial charge >= 0.3 is 0 Å². The second kappa shape index (κ2) is 10.3. The first-order chi connectivity index (χ1) is 18.6. The second-order valence-electron chi connectivity index (χ2n) is 9.89. The number of benzene rings is 2. The summed E-state index contributed by atoms with van der Waals surface area (Å²) in [6.07, 6.45) is 4.02. The van der Waals surface area contributed by atoms with Gasteiger partial charge in [-0.05, 0) is 62.2 Å². The zero-order chi connectivity index (χ0) is 26.1. The molecule has 0 atom stereocenters. The molecule has 1 saturated heterocycles. The van der Waals surface area contributed by atoms with Gasteiger partial charge < -0.3 is 19.9 Å². The highest BCUT2D eigenvalue weighted by Crippen LogP contribution is 2.35. The Morgan fingerprint density at radius 3 is 2.58 bits per heavy atom. The molecule has 4 heterocycles. The van der Waals surface area contributed by atoms with Crippen molar-refractivity contribution in [2.45, 2.75) is 27.3 Å². The highest BCUT2D eigenvalue weighted by atomic mass is 16.5. The quantitative estimate of drug-likeness (QED) is 0.302. The fourth-order valence-electron chi connectivity index (χ4n) is 5.47. The Labute approximate surface area is 223 Å². The molecule has 0 spiro atoms. The molecule has 1 fully saturated rings. The number of nitrogens with one attached hydrogen (secondary N) is 2. The Balaban J connectivity index is 1.31. The number of aromatic amines is 1. The number of nitrogens with zero attached hydrogens (tertiary/aromatic N) is 4. The van der Waals surface area contributed by atoms with E-state index in [0.29, 0.717) is 13.2 Å². The van der Waals surface area contributed by atoms with Crippen LogP contribution < -0.4 is 15.0 Å². The van der Waals surface area contributed by atoms with Crippen LogP contribution in [0, 0.1) is 13.8 Å². The number of ether oxygens (including phenoxy) is 1. The van der Waals surface area contributed by atoms with Crippen LogP contribution in [0.2, 0.25) is 0 Å². The lowest BCUT2D eigenvalue weighted by molar-refractivity contribution is 0.340. The third-order valence-electron chi connectivity index (χ3n) is 7.41. The van der Waals surface area contributed by atoms with Gasteiger partial charge in [-0.25, -0.2) is 4.98 Å². The summed E-state index contributed by atoms with van der Waals surface area (Å²) in [5.74, 6) is 0.892. The first-order valence-electron chi connectivity index (χ1n) is 13.4. The van der Waals surface area contributed by atoms with Crippen molar-refractivity contribution in [3.05, 3.63) is 83.9 Å². The normalized spacial score (nSPS) is 13.8. The minimum atomic E-state index is 0.657. The number of aryl methyl sites for hydroxylation is 1. The molecule has 0 unspecified atom stereocenters. The van der Waals surface area contributed by atoms with E-state index in [2.05, 4.69) is 82.4 Å². The highest BCUT2D eigenvalue weighted by Gasteiger charge is 2.18. The first kappa shape index (κ1) is 24.2. The molecule has 2 aromatic carbocycles. The summed E-state index contributed by atoms with van der Waals surface area (Å²) in [7, 11) is 0. The van der Waals surface area contributed by atoms with E-state index in [4.69, 9.17) is 14.8 Å². The van der Waals surface area contributed by atoms with Gasteiger partial charge in [0.15, 0.2) is 0 Å². The molecule has 7 heteroatoms. The third-order valence-corrected chi connectivity index (χ3v) is 7.41. The van der Waals surface area contributed by atoms with E-state index in [9.17, 15) is 0 Å². The van der Waals surface area contributed by atoms with Crippen molar-refractivity contribution in [1.82, 2.24) is 25.1 Å². The molecule has 6 rings (SSSR count). The van der Waals surface area contributed by atoms with Crippen molar-refractivity contribution in [2.24, 2.45) is 0 Å². The molecule has 0 radical (unpaired) electrons. The van der Waals surface area contributed by atoms with Gasteiger partial charge in [-0.15, -0.1) is 0 Å². The summed E-state index contributed by atoms with van der Waals surface area (Å²) >= 11 is 0. The van der Waals surface area contributed by atoms with Crippen molar-refractivity contribution in [2.75, 3.05) is 37.7 Å². The van der Waals surface area contributed by atoms with Crippen molar-refractivity contribution in [3.8, 4) is 28.0 Å². The number of pyridine rings is 1. The summed E-state index contributed by atoms with van der Waals surface area (Å²) < 4.78 is 7.77. The number of H-pyrrole nitrogens is 1. The van der Waals surface area contributed by atoms with Gasteiger partial charge in [-0.1, -0.05) is 24.3 Å². The predicted octanol–water partition coefficient (Wildman–Crippen LogP) is 5.57. The molecule has 2 N–H and O–H groups in total. The fraction of sp³-hybridized carbons (Fsp3) is 0.290. The first-order valence-corrected chi connectivity index (χ1v) is 13.4. The number of anilines is 1. The van der Waals surface area contributed by atoms with Crippen LogP contribution in [0.25, 0.3) is 33.3 Å². The molecule has 5 aromatic rings. The van der Waals surface area contributed by atoms with Gasteiger partial charge in [0.25, 0.3) is 0 Å². The van der Waals surface area contributed by atoms with Gasteiger partial charge in [-0.2, -0.15) is 5.10 Å². The highest BCUT2D eigenvalue weighted by molar-refractivity contribution is 5.97. The smallest absolute Gasteiger partial charge is 0.137 e. The maximum absolute atomic E-state index is 5.69. The van der Waals surface area contributed by atoms with E-state index >= 15 is 0 Å². The molecule has 0 amide bonds. The molecule has 194 valence electrons. The maximum atomic E-state index is 5.69. The Bertz CT molecular complexity index is 1560. The van der Waals surface area contributed by atoms with Crippen molar-refractivity contribution in [1.29, 1.82) is 0 Å². The Hall–Kier alpha value is -4.10. The average Bonchev–Trinajstić information content (AvgIpc) is 3.48. The second-order valence-corrected chi connectivity index (χ2v) is 9.89. The zero-order valence-electron chi connectivity index (χ0n) is 22.3. The number of hydrogen-bond donors (Lipinski definition) is 2. The van der Waals surface area contributed by atoms with Gasteiger partial charge in [0, 0.05) is 72.0 Å². The van der Waals surface area contributed by atoms with Gasteiger partial charge in [-0.3, -0.25) is 4.68 Å². The SMILES string of the molecule is CCOc1cccc(Cn2nc(C)c(-c3c[nH]c4ncc(-c5ccc(N6CCNCC6)cc5)cc34)c2C)c1. The molecule has 1 aliphatic heterocycles. The van der Waals surface area contributed by atoms with Crippen LogP contribution in [-0.4, -0.2) is 52.5 Å². The fourth-order valence-corrected chi connectivity index (χ4v) is 5.47. The van der Waals surface area contributed by atoms with Crippen LogP contribution in [0.4, 0.5) is 5.69 Å². The molecule has 0 saturated carbocycles. The predicted molar refractivity (Wildman–Crippen MR) is 154 cm³/mol. The third kappa shape index (κ3) is 4.65. The molecule has 7 nitrogen and oxygen atoms in total. The average molecular weight is 507 g/mol. The van der Waals surface area contributed by atoms with Crippen LogP contribution in [0.15, 0.2) is 67.0 Å². The van der Waals surface area contributed by atoms with E-state index in [1.807, 2.05) is 25.3 Å². The number of piperazine rings is 1. The van der Waals surface area contributed by atoms with Crippen LogP contribution in [0.5, 0.6) is 5.75 Å². The molecule has 0 aliphatic carbocycles. The lowest BCUT2D eigenvalue weighted by Crippen LogP contribution is -2.43. The van der Waals surface area contributed by atoms with Crippen molar-refractivity contribution < 1.29 is 4.74 Å². The van der Waals surface area contributed by atoms with Crippen molar-refractivity contribution in [3.63, 3.8) is 0 Å². The molecule has 3 aromatic heterocycles. The largest absolute Gasteiger partial charge is 0.494 e. The van der Waals surface area contributed by atoms with Gasteiger partial charge in [0.1, 0.15) is 11.4 Å². The van der Waals surface area contributed by atoms with E-state index in [1.165, 1.54) is 16.8 Å². The Kier molecular flexibility index (Phi) is 6.60. The molecular weight excluding hydrogens is 472 g/mol. The lowest BCUT2D eigenvalue weighted by Gasteiger charge is -2.29. The van der Waals surface area contributed by atoms with Crippen LogP contribution in [-0.2, 0) is 6.54 Å². The number of fused-ring (bicyclic) bond motifs is 1. The van der Waals surface area contributed by atoms with Crippen LogP contribution >= 0.6 is 0 Å². The standard InChI is InChI=1S/C31H34N6O/c1-4-38-27-7-5-6-23(16-27)20-37-22(3)30(21(2)35-37)29-19-34-31-28(29)17-25(18-33-31)24-8-10-26(11-9-24)36-14-12-32-13-15-36/h5-11,16-19,32H,4,12-15,20H2,1-3H3,(H,33,34). The van der Waals surface area contributed by atoms with E-state index in [-0.39, 0.29) is 0 Å². The van der Waals surface area contributed by atoms with Crippen LogP contribution in [0.3, 0.4) is 0 Å². The lowest BCUT2D eigenvalue weighted by atomic mass is 10.0. The maximum Gasteiger partial charge on any atom is 0.137 e. The minimum Gasteiger partial charge on any atom is -0.494 e. The molecular formula is C31H34N6O. The van der Waals surface area contributed by atoms with Crippen molar-refractivity contribution >= 4 is 16.7 Å². The molecule has 38 heavy (non-hydrogen) atoms. The topological polar surface area (TPSA) is 71.0 Å². The summed E-state index contributed by atoms with van der Waals surface area (Å²) in [5, 5.41) is 9.44. The van der Waals surface area contributed by atoms with E-state index in [0.717, 1.165) is 71.0 Å². The van der Waals surface area contributed by atoms with Gasteiger partial charge in [0.2, 0.25) is 0 Å². The number of hydrogen-bond acceptors (Lipinski definition) is 5. The Morgan fingerprint density at radius 2 is 1.79 bits per heavy atom. The molecule has 1 aliphatic rings. The zero-order valence-corrected chi connectivity index (χ0v) is 22.3. The summed E-state index contributed by atoms with van der Waals surface area (Å²) in [4.78, 5) is 10.6. The van der Waals surface area contributed by atoms with E-state index in [1.54, 1.807) is 0 Å². The Morgan fingerprint density at radius 1 is 0.974 bits per heavy atom. The van der Waals surface area contributed by atoms with Crippen LogP contribution in [0.1, 0.15) is 23.9 Å². The monoisotopic (exact) mass is 506 g/mol. The van der Waals surface area contributed by atoms with Gasteiger partial charge in [0.05, 0.1) is 18.8 Å². The number of rotatable bonds is 7. The van der Waals surface area contributed by atoms with E-state index < -0.39 is 0 Å². The summed E-state index contributed by atoms with van der Waals surface area (Å²) in [6.45, 7) is 11.7. The summed E-state index contributed by atoms with van der Waals surface area (Å²) in [6, 6.07) is 19.3. The number of aromatic nitrogens is 4. The minimum absolute atomic E-state index is 0.657. The summed E-state index contributed by atoms with van der Waals surface area (Å²) in [5.41, 5.74) is 10.0.